The zero-order valence-corrected chi connectivity index (χ0v) is 20.7. The predicted molar refractivity (Wildman–Crippen MR) is 141 cm³/mol. The third-order valence-corrected chi connectivity index (χ3v) is 5.05. The number of rotatable bonds is 8. The van der Waals surface area contributed by atoms with E-state index in [-0.39, 0.29) is 13.2 Å². The Labute approximate surface area is 214 Å². The monoisotopic (exact) mass is 504 g/mol. The van der Waals surface area contributed by atoms with E-state index in [0.717, 1.165) is 5.56 Å². The average Bonchev–Trinajstić information content (AvgIpc) is 2.87. The lowest BCUT2D eigenvalue weighted by atomic mass is 10.2. The van der Waals surface area contributed by atoms with Crippen LogP contribution in [0.4, 0.5) is 32.3 Å². The summed E-state index contributed by atoms with van der Waals surface area (Å²) in [6, 6.07) is 16.7. The predicted octanol–water partition coefficient (Wildman–Crippen LogP) is 5.64. The summed E-state index contributed by atoms with van der Waals surface area (Å²) in [6.45, 7) is 5.83. The van der Waals surface area contributed by atoms with Gasteiger partial charge in [-0.15, -0.1) is 0 Å². The molecule has 0 unspecified atom stereocenters. The molecule has 0 heterocycles. The summed E-state index contributed by atoms with van der Waals surface area (Å²) in [6.07, 6.45) is 0. The molecule has 10 heteroatoms. The molecule has 10 nitrogen and oxygen atoms in total. The molecule has 0 bridgehead atoms. The Balaban J connectivity index is 1.57. The molecule has 4 amide bonds. The van der Waals surface area contributed by atoms with E-state index in [1.807, 2.05) is 6.92 Å². The minimum Gasteiger partial charge on any atom is -0.462 e. The van der Waals surface area contributed by atoms with Gasteiger partial charge in [-0.05, 0) is 87.0 Å². The summed E-state index contributed by atoms with van der Waals surface area (Å²) >= 11 is 0. The van der Waals surface area contributed by atoms with Crippen LogP contribution in [0.25, 0.3) is 0 Å². The summed E-state index contributed by atoms with van der Waals surface area (Å²) in [5.74, 6) is -0.868. The van der Waals surface area contributed by atoms with Crippen LogP contribution in [0, 0.1) is 6.92 Å². The van der Waals surface area contributed by atoms with Crippen LogP contribution in [-0.2, 0) is 9.47 Å². The molecule has 0 fully saturated rings. The fourth-order valence-corrected chi connectivity index (χ4v) is 3.22. The summed E-state index contributed by atoms with van der Waals surface area (Å²) in [5.41, 5.74) is 3.49. The highest BCUT2D eigenvalue weighted by Gasteiger charge is 2.11. The van der Waals surface area contributed by atoms with Crippen molar-refractivity contribution >= 4 is 46.8 Å². The average molecular weight is 505 g/mol. The van der Waals surface area contributed by atoms with Gasteiger partial charge in [0.15, 0.2) is 0 Å². The van der Waals surface area contributed by atoms with Crippen molar-refractivity contribution in [2.45, 2.75) is 20.8 Å². The lowest BCUT2D eigenvalue weighted by molar-refractivity contribution is 0.0517. The molecule has 0 atom stereocenters. The van der Waals surface area contributed by atoms with E-state index in [1.165, 1.54) is 0 Å². The summed E-state index contributed by atoms with van der Waals surface area (Å²) in [5, 5.41) is 10.8. The van der Waals surface area contributed by atoms with E-state index in [4.69, 9.17) is 9.47 Å². The van der Waals surface area contributed by atoms with Gasteiger partial charge in [-0.25, -0.2) is 19.2 Å². The molecule has 0 aliphatic carbocycles. The molecule has 0 radical (unpaired) electrons. The first kappa shape index (κ1) is 26.7. The van der Waals surface area contributed by atoms with Gasteiger partial charge >= 0.3 is 24.0 Å². The van der Waals surface area contributed by atoms with Gasteiger partial charge in [0.1, 0.15) is 0 Å². The van der Waals surface area contributed by atoms with Gasteiger partial charge in [-0.1, -0.05) is 6.07 Å². The summed E-state index contributed by atoms with van der Waals surface area (Å²) < 4.78 is 9.89. The number of anilines is 4. The van der Waals surface area contributed by atoms with Gasteiger partial charge < -0.3 is 30.7 Å². The molecule has 0 saturated heterocycles. The number of carbonyl (C=O) groups excluding carboxylic acids is 4. The third kappa shape index (κ3) is 7.82. The lowest BCUT2D eigenvalue weighted by Crippen LogP contribution is -2.21. The van der Waals surface area contributed by atoms with Crippen molar-refractivity contribution in [2.24, 2.45) is 0 Å². The molecule has 0 saturated carbocycles. The maximum Gasteiger partial charge on any atom is 0.338 e. The van der Waals surface area contributed by atoms with E-state index in [0.29, 0.717) is 33.9 Å². The maximum absolute atomic E-state index is 12.5. The minimum atomic E-state index is -0.496. The lowest BCUT2D eigenvalue weighted by Gasteiger charge is -2.13. The molecule has 4 N–H and O–H groups in total. The van der Waals surface area contributed by atoms with Crippen molar-refractivity contribution in [1.82, 2.24) is 0 Å². The van der Waals surface area contributed by atoms with Gasteiger partial charge in [0, 0.05) is 22.7 Å². The largest absolute Gasteiger partial charge is 0.462 e. The zero-order valence-electron chi connectivity index (χ0n) is 20.7. The van der Waals surface area contributed by atoms with Gasteiger partial charge in [0.25, 0.3) is 0 Å². The van der Waals surface area contributed by atoms with Crippen molar-refractivity contribution in [2.75, 3.05) is 34.5 Å². The first-order chi connectivity index (χ1) is 17.8. The van der Waals surface area contributed by atoms with Crippen LogP contribution in [0.3, 0.4) is 0 Å². The van der Waals surface area contributed by atoms with Crippen LogP contribution < -0.4 is 21.3 Å². The van der Waals surface area contributed by atoms with Crippen LogP contribution in [0.2, 0.25) is 0 Å². The fourth-order valence-electron chi connectivity index (χ4n) is 3.22. The highest BCUT2D eigenvalue weighted by atomic mass is 16.5. The molecule has 0 aliphatic heterocycles. The highest BCUT2D eigenvalue weighted by Crippen LogP contribution is 2.21. The number of urea groups is 2. The number of benzene rings is 3. The van der Waals surface area contributed by atoms with Crippen LogP contribution in [-0.4, -0.2) is 37.2 Å². The van der Waals surface area contributed by atoms with Gasteiger partial charge in [-0.2, -0.15) is 0 Å². The molecular weight excluding hydrogens is 476 g/mol. The molecule has 0 aromatic heterocycles. The Hall–Kier alpha value is -4.86. The van der Waals surface area contributed by atoms with E-state index in [2.05, 4.69) is 21.3 Å². The molecule has 3 rings (SSSR count). The zero-order chi connectivity index (χ0) is 26.8. The Bertz CT molecular complexity index is 1270. The second kappa shape index (κ2) is 12.7. The van der Waals surface area contributed by atoms with Crippen LogP contribution >= 0.6 is 0 Å². The maximum atomic E-state index is 12.5. The normalized spacial score (nSPS) is 10.1. The smallest absolute Gasteiger partial charge is 0.338 e. The number of hydrogen-bond donors (Lipinski definition) is 4. The highest BCUT2D eigenvalue weighted by molar-refractivity contribution is 6.03. The molecule has 3 aromatic carbocycles. The number of hydrogen-bond acceptors (Lipinski definition) is 6. The van der Waals surface area contributed by atoms with E-state index in [1.54, 1.807) is 80.6 Å². The van der Waals surface area contributed by atoms with Crippen molar-refractivity contribution in [1.29, 1.82) is 0 Å². The Morgan fingerprint density at radius 2 is 1.00 bits per heavy atom. The Kier molecular flexibility index (Phi) is 9.20. The van der Waals surface area contributed by atoms with E-state index < -0.39 is 24.0 Å². The van der Waals surface area contributed by atoms with Gasteiger partial charge in [0.05, 0.1) is 24.3 Å². The molecular formula is C27H28N4O6. The topological polar surface area (TPSA) is 135 Å². The second-order valence-corrected chi connectivity index (χ2v) is 7.78. The number of aryl methyl sites for hydroxylation is 1. The molecule has 192 valence electrons. The first-order valence-corrected chi connectivity index (χ1v) is 11.6. The molecule has 3 aromatic rings. The minimum absolute atomic E-state index is 0.278. The quantitative estimate of drug-likeness (QED) is 0.293. The molecule has 37 heavy (non-hydrogen) atoms. The van der Waals surface area contributed by atoms with Gasteiger partial charge in [-0.3, -0.25) is 0 Å². The van der Waals surface area contributed by atoms with Crippen molar-refractivity contribution in [3.8, 4) is 0 Å². The molecule has 0 spiro atoms. The third-order valence-electron chi connectivity index (χ3n) is 5.05. The standard InChI is InChI=1S/C27H28N4O6/c1-4-36-24(32)18-7-12-20(13-8-18)28-26(34)30-22-11-6-17(3)23(16-22)31-27(35)29-21-14-9-19(10-15-21)25(33)37-5-2/h6-16H,4-5H2,1-3H3,(H2,28,30,34)(H2,29,31,35). The van der Waals surface area contributed by atoms with E-state index in [9.17, 15) is 19.2 Å². The number of esters is 2. The van der Waals surface area contributed by atoms with E-state index >= 15 is 0 Å². The van der Waals surface area contributed by atoms with Crippen molar-refractivity contribution in [3.05, 3.63) is 83.4 Å². The van der Waals surface area contributed by atoms with Crippen molar-refractivity contribution < 1.29 is 28.7 Å². The van der Waals surface area contributed by atoms with Crippen LogP contribution in [0.5, 0.6) is 0 Å². The second-order valence-electron chi connectivity index (χ2n) is 7.78. The Morgan fingerprint density at radius 3 is 1.46 bits per heavy atom. The van der Waals surface area contributed by atoms with Crippen molar-refractivity contribution in [3.63, 3.8) is 0 Å². The van der Waals surface area contributed by atoms with Gasteiger partial charge in [0.2, 0.25) is 0 Å². The fraction of sp³-hybridized carbons (Fsp3) is 0.185. The summed E-state index contributed by atoms with van der Waals surface area (Å²) in [7, 11) is 0. The molecule has 0 aliphatic rings. The number of carbonyl (C=O) groups is 4. The SMILES string of the molecule is CCOC(=O)c1ccc(NC(=O)Nc2ccc(C)c(NC(=O)Nc3ccc(C(=O)OCC)cc3)c2)cc1. The number of nitrogens with one attached hydrogen (secondary N) is 4. The number of amides is 4. The van der Waals surface area contributed by atoms with Crippen LogP contribution in [0.15, 0.2) is 66.7 Å². The summed E-state index contributed by atoms with van der Waals surface area (Å²) in [4.78, 5) is 48.4. The van der Waals surface area contributed by atoms with Crippen LogP contribution in [0.1, 0.15) is 40.1 Å². The first-order valence-electron chi connectivity index (χ1n) is 11.6. The number of ether oxygens (including phenoxy) is 2. The Morgan fingerprint density at radius 1 is 0.595 bits per heavy atom.